The lowest BCUT2D eigenvalue weighted by molar-refractivity contribution is 0.0634. The highest BCUT2D eigenvalue weighted by Crippen LogP contribution is 2.33. The van der Waals surface area contributed by atoms with Crippen molar-refractivity contribution in [2.45, 2.75) is 19.2 Å². The summed E-state index contributed by atoms with van der Waals surface area (Å²) in [6.45, 7) is 6.47. The van der Waals surface area contributed by atoms with Gasteiger partial charge in [0.2, 0.25) is 0 Å². The van der Waals surface area contributed by atoms with Crippen molar-refractivity contribution in [3.63, 3.8) is 0 Å². The van der Waals surface area contributed by atoms with E-state index in [0.717, 1.165) is 52.7 Å². The second-order valence-corrected chi connectivity index (χ2v) is 10.9. The van der Waals surface area contributed by atoms with E-state index in [-0.39, 0.29) is 0 Å². The van der Waals surface area contributed by atoms with Gasteiger partial charge in [-0.1, -0.05) is 31.9 Å². The number of fused-ring (bicyclic) bond motifs is 3. The van der Waals surface area contributed by atoms with E-state index in [4.69, 9.17) is 0 Å². The summed E-state index contributed by atoms with van der Waals surface area (Å²) in [4.78, 5) is 4.91. The fourth-order valence-electron chi connectivity index (χ4n) is 4.58. The van der Waals surface area contributed by atoms with Crippen LogP contribution in [0.2, 0.25) is 0 Å². The molecule has 2 aromatic carbocycles. The Morgan fingerprint density at radius 1 is 0.839 bits per heavy atom. The molecule has 2 aromatic heterocycles. The molecule has 0 aliphatic carbocycles. The Balaban J connectivity index is 1.28. The number of hydrogen-bond donors (Lipinski definition) is 1. The van der Waals surface area contributed by atoms with Crippen LogP contribution in [0.3, 0.4) is 0 Å². The second kappa shape index (κ2) is 9.33. The molecule has 7 heteroatoms. The summed E-state index contributed by atoms with van der Waals surface area (Å²) >= 11 is 8.97. The van der Waals surface area contributed by atoms with Crippen LogP contribution in [0, 0.1) is 0 Å². The minimum absolute atomic E-state index is 0.408. The van der Waals surface area contributed by atoms with Crippen molar-refractivity contribution in [3.05, 3.63) is 67.7 Å². The second-order valence-electron chi connectivity index (χ2n) is 8.30. The van der Waals surface area contributed by atoms with Gasteiger partial charge in [0.25, 0.3) is 0 Å². The number of rotatable bonds is 6. The maximum absolute atomic E-state index is 11.0. The largest absolute Gasteiger partial charge is 0.390 e. The molecular formula is C24H25Br2N3OS. The smallest absolute Gasteiger partial charge is 0.0845 e. The first-order chi connectivity index (χ1) is 15.1. The Kier molecular flexibility index (Phi) is 6.51. The number of halogens is 2. The number of piperazine rings is 1. The average molecular weight is 563 g/mol. The molecule has 1 aliphatic rings. The third-order valence-electron chi connectivity index (χ3n) is 6.10. The monoisotopic (exact) mass is 561 g/mol. The molecule has 0 radical (unpaired) electrons. The lowest BCUT2D eigenvalue weighted by Crippen LogP contribution is -2.48. The molecule has 1 N–H and O–H groups in total. The Morgan fingerprint density at radius 2 is 1.45 bits per heavy atom. The van der Waals surface area contributed by atoms with Gasteiger partial charge in [0.15, 0.2) is 0 Å². The fraction of sp³-hybridized carbons (Fsp3) is 0.333. The van der Waals surface area contributed by atoms with Gasteiger partial charge >= 0.3 is 0 Å². The molecule has 4 aromatic rings. The molecule has 1 fully saturated rings. The van der Waals surface area contributed by atoms with Crippen LogP contribution in [0.1, 0.15) is 5.56 Å². The van der Waals surface area contributed by atoms with E-state index in [1.807, 2.05) is 0 Å². The van der Waals surface area contributed by atoms with Gasteiger partial charge in [0, 0.05) is 70.0 Å². The van der Waals surface area contributed by atoms with Crippen LogP contribution in [0.5, 0.6) is 0 Å². The minimum Gasteiger partial charge on any atom is -0.390 e. The van der Waals surface area contributed by atoms with Crippen molar-refractivity contribution < 1.29 is 5.11 Å². The highest BCUT2D eigenvalue weighted by Gasteiger charge is 2.21. The lowest BCUT2D eigenvalue weighted by Gasteiger charge is -2.35. The van der Waals surface area contributed by atoms with Crippen molar-refractivity contribution in [1.29, 1.82) is 0 Å². The molecule has 5 rings (SSSR count). The molecule has 1 saturated heterocycles. The molecular weight excluding hydrogens is 538 g/mol. The zero-order valence-corrected chi connectivity index (χ0v) is 21.2. The first kappa shape index (κ1) is 21.6. The van der Waals surface area contributed by atoms with Crippen LogP contribution < -0.4 is 0 Å². The minimum atomic E-state index is -0.408. The standard InChI is InChI=1S/C24H25Br2N3OS/c25-18-1-3-23-21(11-18)22-12-19(26)2-4-24(22)29(23)15-20(30)14-28-8-6-27(7-9-28)13-17-5-10-31-16-17/h1-5,10-12,16,20,30H,6-9,13-15H2/t20-/m1/s1. The van der Waals surface area contributed by atoms with Crippen LogP contribution in [0.4, 0.5) is 0 Å². The van der Waals surface area contributed by atoms with Crippen molar-refractivity contribution in [2.24, 2.45) is 0 Å². The van der Waals surface area contributed by atoms with Gasteiger partial charge in [0.1, 0.15) is 0 Å². The Morgan fingerprint density at radius 3 is 2.03 bits per heavy atom. The number of nitrogens with zero attached hydrogens (tertiary/aromatic N) is 3. The van der Waals surface area contributed by atoms with Gasteiger partial charge in [-0.25, -0.2) is 0 Å². The summed E-state index contributed by atoms with van der Waals surface area (Å²) in [7, 11) is 0. The molecule has 4 nitrogen and oxygen atoms in total. The number of aliphatic hydroxyl groups is 1. The number of aromatic nitrogens is 1. The molecule has 162 valence electrons. The van der Waals surface area contributed by atoms with Gasteiger partial charge in [-0.05, 0) is 58.8 Å². The van der Waals surface area contributed by atoms with E-state index in [0.29, 0.717) is 13.1 Å². The molecule has 1 atom stereocenters. The Labute approximate surface area is 203 Å². The SMILES string of the molecule is O[C@H](CN1CCN(Cc2ccsc2)CC1)Cn1c2ccc(Br)cc2c2cc(Br)ccc21. The Bertz CT molecular complexity index is 1120. The van der Waals surface area contributed by atoms with Crippen molar-refractivity contribution in [3.8, 4) is 0 Å². The van der Waals surface area contributed by atoms with E-state index >= 15 is 0 Å². The Hall–Kier alpha value is -1.22. The topological polar surface area (TPSA) is 31.6 Å². The van der Waals surface area contributed by atoms with Crippen molar-refractivity contribution in [2.75, 3.05) is 32.7 Å². The van der Waals surface area contributed by atoms with Gasteiger partial charge in [-0.3, -0.25) is 9.80 Å². The molecule has 0 spiro atoms. The van der Waals surface area contributed by atoms with Crippen molar-refractivity contribution >= 4 is 65.0 Å². The van der Waals surface area contributed by atoms with Crippen molar-refractivity contribution in [1.82, 2.24) is 14.4 Å². The zero-order valence-electron chi connectivity index (χ0n) is 17.2. The lowest BCUT2D eigenvalue weighted by atomic mass is 10.2. The van der Waals surface area contributed by atoms with E-state index in [2.05, 4.69) is 99.5 Å². The third kappa shape index (κ3) is 4.77. The maximum Gasteiger partial charge on any atom is 0.0845 e. The van der Waals surface area contributed by atoms with Crippen LogP contribution in [0.15, 0.2) is 62.2 Å². The quantitative estimate of drug-likeness (QED) is 0.334. The zero-order chi connectivity index (χ0) is 21.4. The molecule has 0 amide bonds. The van der Waals surface area contributed by atoms with Crippen LogP contribution >= 0.6 is 43.2 Å². The van der Waals surface area contributed by atoms with Gasteiger partial charge in [-0.2, -0.15) is 11.3 Å². The van der Waals surface area contributed by atoms with Gasteiger partial charge in [0.05, 0.1) is 12.6 Å². The van der Waals surface area contributed by atoms with E-state index < -0.39 is 6.10 Å². The molecule has 0 unspecified atom stereocenters. The predicted octanol–water partition coefficient (Wildman–Crippen LogP) is 5.56. The number of β-amino-alcohol motifs (C(OH)–C–C–N with tert-alkyl or cyclic N) is 1. The summed E-state index contributed by atoms with van der Waals surface area (Å²) in [5.41, 5.74) is 3.73. The van der Waals surface area contributed by atoms with Gasteiger partial charge in [-0.15, -0.1) is 0 Å². The molecule has 1 aliphatic heterocycles. The van der Waals surface area contributed by atoms with Crippen LogP contribution in [0.25, 0.3) is 21.8 Å². The normalized spacial score (nSPS) is 17.0. The number of benzene rings is 2. The summed E-state index contributed by atoms with van der Waals surface area (Å²) in [6, 6.07) is 15.0. The fourth-order valence-corrected chi connectivity index (χ4v) is 5.96. The van der Waals surface area contributed by atoms with Gasteiger partial charge < -0.3 is 9.67 Å². The number of aliphatic hydroxyl groups excluding tert-OH is 1. The van der Waals surface area contributed by atoms with Crippen LogP contribution in [-0.2, 0) is 13.1 Å². The predicted molar refractivity (Wildman–Crippen MR) is 137 cm³/mol. The van der Waals surface area contributed by atoms with E-state index in [1.54, 1.807) is 11.3 Å². The molecule has 0 bridgehead atoms. The van der Waals surface area contributed by atoms with E-state index in [9.17, 15) is 5.11 Å². The number of hydrogen-bond acceptors (Lipinski definition) is 4. The summed E-state index contributed by atoms with van der Waals surface area (Å²) < 4.78 is 4.40. The first-order valence-electron chi connectivity index (χ1n) is 10.6. The summed E-state index contributed by atoms with van der Waals surface area (Å²) in [6.07, 6.45) is -0.408. The van der Waals surface area contributed by atoms with Crippen LogP contribution in [-0.4, -0.2) is 58.3 Å². The van der Waals surface area contributed by atoms with E-state index in [1.165, 1.54) is 16.3 Å². The summed E-state index contributed by atoms with van der Waals surface area (Å²) in [5, 5.41) is 17.8. The molecule has 31 heavy (non-hydrogen) atoms. The number of thiophene rings is 1. The first-order valence-corrected chi connectivity index (χ1v) is 13.1. The average Bonchev–Trinajstić information content (AvgIpc) is 3.36. The highest BCUT2D eigenvalue weighted by atomic mass is 79.9. The highest BCUT2D eigenvalue weighted by molar-refractivity contribution is 9.10. The maximum atomic E-state index is 11.0. The molecule has 3 heterocycles. The molecule has 0 saturated carbocycles. The third-order valence-corrected chi connectivity index (χ3v) is 7.82. The summed E-state index contributed by atoms with van der Waals surface area (Å²) in [5.74, 6) is 0.